The van der Waals surface area contributed by atoms with Gasteiger partial charge in [0.25, 0.3) is 0 Å². The predicted molar refractivity (Wildman–Crippen MR) is 88.6 cm³/mol. The van der Waals surface area contributed by atoms with E-state index in [1.54, 1.807) is 6.20 Å². The van der Waals surface area contributed by atoms with E-state index in [4.69, 9.17) is 10.5 Å². The molecule has 1 heterocycles. The number of rotatable bonds is 3. The molecular formula is C17H15BrN2O. The van der Waals surface area contributed by atoms with Crippen LogP contribution in [0.5, 0.6) is 11.6 Å². The number of aromatic nitrogens is 1. The van der Waals surface area contributed by atoms with Gasteiger partial charge in [-0.3, -0.25) is 0 Å². The Morgan fingerprint density at radius 1 is 1.14 bits per heavy atom. The molecule has 1 aromatic heterocycles. The Morgan fingerprint density at radius 2 is 2.00 bits per heavy atom. The predicted octanol–water partition coefficient (Wildman–Crippen LogP) is 4.56. The number of benzene rings is 2. The molecule has 0 radical (unpaired) electrons. The Labute approximate surface area is 131 Å². The van der Waals surface area contributed by atoms with Crippen LogP contribution in [0.2, 0.25) is 0 Å². The molecule has 0 atom stereocenters. The van der Waals surface area contributed by atoms with Crippen LogP contribution in [0.25, 0.3) is 10.8 Å². The van der Waals surface area contributed by atoms with Crippen molar-refractivity contribution >= 4 is 26.7 Å². The molecule has 106 valence electrons. The van der Waals surface area contributed by atoms with E-state index in [0.29, 0.717) is 12.4 Å². The topological polar surface area (TPSA) is 48.1 Å². The maximum Gasteiger partial charge on any atom is 0.227 e. The van der Waals surface area contributed by atoms with Crippen molar-refractivity contribution in [2.75, 3.05) is 0 Å². The maximum absolute atomic E-state index is 6.03. The highest BCUT2D eigenvalue weighted by Crippen LogP contribution is 2.33. The van der Waals surface area contributed by atoms with Gasteiger partial charge in [0.2, 0.25) is 5.88 Å². The van der Waals surface area contributed by atoms with Crippen molar-refractivity contribution in [3.63, 3.8) is 0 Å². The van der Waals surface area contributed by atoms with E-state index in [-0.39, 0.29) is 0 Å². The number of hydrogen-bond acceptors (Lipinski definition) is 3. The Bertz CT molecular complexity index is 802. The fourth-order valence-electron chi connectivity index (χ4n) is 2.21. The van der Waals surface area contributed by atoms with Crippen LogP contribution in [0.3, 0.4) is 0 Å². The van der Waals surface area contributed by atoms with Gasteiger partial charge in [0, 0.05) is 28.0 Å². The molecule has 0 aliphatic rings. The fourth-order valence-corrected chi connectivity index (χ4v) is 2.71. The molecule has 0 aliphatic carbocycles. The molecule has 0 saturated heterocycles. The second-order valence-corrected chi connectivity index (χ2v) is 5.71. The van der Waals surface area contributed by atoms with Gasteiger partial charge in [-0.1, -0.05) is 34.1 Å². The molecule has 0 saturated carbocycles. The van der Waals surface area contributed by atoms with Gasteiger partial charge in [-0.25, -0.2) is 4.98 Å². The highest BCUT2D eigenvalue weighted by atomic mass is 79.9. The number of halogens is 1. The summed E-state index contributed by atoms with van der Waals surface area (Å²) in [4.78, 5) is 4.37. The standard InChI is InChI=1S/C17H15BrN2O/c1-11-5-6-12(10-19)9-16(11)21-17-14-3-2-4-15(18)13(14)7-8-20-17/h2-9H,10,19H2,1H3. The SMILES string of the molecule is Cc1ccc(CN)cc1Oc1nccc2c(Br)cccc12. The van der Waals surface area contributed by atoms with E-state index >= 15 is 0 Å². The fraction of sp³-hybridized carbons (Fsp3) is 0.118. The second-order valence-electron chi connectivity index (χ2n) is 4.86. The number of nitrogens with zero attached hydrogens (tertiary/aromatic N) is 1. The lowest BCUT2D eigenvalue weighted by atomic mass is 10.1. The van der Waals surface area contributed by atoms with E-state index in [1.807, 2.05) is 49.4 Å². The third kappa shape index (κ3) is 2.77. The van der Waals surface area contributed by atoms with Crippen molar-refractivity contribution in [3.8, 4) is 11.6 Å². The van der Waals surface area contributed by atoms with Crippen LogP contribution in [0.4, 0.5) is 0 Å². The number of fused-ring (bicyclic) bond motifs is 1. The van der Waals surface area contributed by atoms with Gasteiger partial charge in [0.05, 0.1) is 0 Å². The van der Waals surface area contributed by atoms with Crippen molar-refractivity contribution < 1.29 is 4.74 Å². The molecule has 3 rings (SSSR count). The maximum atomic E-state index is 6.03. The number of aryl methyl sites for hydroxylation is 1. The Hall–Kier alpha value is -1.91. The molecule has 0 amide bonds. The number of nitrogens with two attached hydrogens (primary N) is 1. The summed E-state index contributed by atoms with van der Waals surface area (Å²) in [6, 6.07) is 13.9. The molecule has 0 fully saturated rings. The van der Waals surface area contributed by atoms with Crippen molar-refractivity contribution in [1.82, 2.24) is 4.98 Å². The van der Waals surface area contributed by atoms with Gasteiger partial charge in [-0.05, 0) is 42.3 Å². The number of pyridine rings is 1. The average Bonchev–Trinajstić information content (AvgIpc) is 2.50. The molecule has 21 heavy (non-hydrogen) atoms. The first-order chi connectivity index (χ1) is 10.2. The summed E-state index contributed by atoms with van der Waals surface area (Å²) in [5.74, 6) is 1.39. The summed E-state index contributed by atoms with van der Waals surface area (Å²) in [6.07, 6.45) is 1.75. The lowest BCUT2D eigenvalue weighted by Crippen LogP contribution is -1.98. The summed E-state index contributed by atoms with van der Waals surface area (Å²) in [7, 11) is 0. The molecule has 4 heteroatoms. The van der Waals surface area contributed by atoms with Gasteiger partial charge in [0.15, 0.2) is 0 Å². The van der Waals surface area contributed by atoms with Gasteiger partial charge in [-0.2, -0.15) is 0 Å². The van der Waals surface area contributed by atoms with Crippen molar-refractivity contribution in [2.24, 2.45) is 5.73 Å². The van der Waals surface area contributed by atoms with E-state index in [1.165, 1.54) is 0 Å². The summed E-state index contributed by atoms with van der Waals surface area (Å²) in [5, 5.41) is 2.06. The van der Waals surface area contributed by atoms with Crippen LogP contribution < -0.4 is 10.5 Å². The van der Waals surface area contributed by atoms with E-state index in [9.17, 15) is 0 Å². The normalized spacial score (nSPS) is 10.8. The minimum Gasteiger partial charge on any atom is -0.438 e. The highest BCUT2D eigenvalue weighted by molar-refractivity contribution is 9.10. The largest absolute Gasteiger partial charge is 0.438 e. The minimum absolute atomic E-state index is 0.491. The molecule has 3 nitrogen and oxygen atoms in total. The van der Waals surface area contributed by atoms with Gasteiger partial charge in [0.1, 0.15) is 5.75 Å². The van der Waals surface area contributed by atoms with Crippen LogP contribution in [0.15, 0.2) is 53.1 Å². The van der Waals surface area contributed by atoms with Crippen LogP contribution in [-0.2, 0) is 6.54 Å². The van der Waals surface area contributed by atoms with Crippen LogP contribution in [0.1, 0.15) is 11.1 Å². The van der Waals surface area contributed by atoms with Gasteiger partial charge in [-0.15, -0.1) is 0 Å². The molecule has 3 aromatic rings. The molecular weight excluding hydrogens is 328 g/mol. The highest BCUT2D eigenvalue weighted by Gasteiger charge is 2.09. The van der Waals surface area contributed by atoms with Crippen LogP contribution >= 0.6 is 15.9 Å². The molecule has 2 aromatic carbocycles. The van der Waals surface area contributed by atoms with Crippen LogP contribution in [-0.4, -0.2) is 4.98 Å². The Kier molecular flexibility index (Phi) is 3.90. The minimum atomic E-state index is 0.491. The number of hydrogen-bond donors (Lipinski definition) is 1. The first kappa shape index (κ1) is 14.0. The zero-order valence-corrected chi connectivity index (χ0v) is 13.2. The smallest absolute Gasteiger partial charge is 0.227 e. The Balaban J connectivity index is 2.08. The quantitative estimate of drug-likeness (QED) is 0.759. The molecule has 0 spiro atoms. The van der Waals surface area contributed by atoms with Crippen molar-refractivity contribution in [1.29, 1.82) is 0 Å². The lowest BCUT2D eigenvalue weighted by molar-refractivity contribution is 0.465. The summed E-state index contributed by atoms with van der Waals surface area (Å²) >= 11 is 3.55. The first-order valence-corrected chi connectivity index (χ1v) is 7.49. The van der Waals surface area contributed by atoms with Gasteiger partial charge >= 0.3 is 0 Å². The Morgan fingerprint density at radius 3 is 2.81 bits per heavy atom. The zero-order chi connectivity index (χ0) is 14.8. The van der Waals surface area contributed by atoms with Gasteiger partial charge < -0.3 is 10.5 Å². The zero-order valence-electron chi connectivity index (χ0n) is 11.6. The molecule has 0 bridgehead atoms. The van der Waals surface area contributed by atoms with Crippen molar-refractivity contribution in [2.45, 2.75) is 13.5 Å². The van der Waals surface area contributed by atoms with E-state index < -0.39 is 0 Å². The molecule has 0 aliphatic heterocycles. The third-order valence-electron chi connectivity index (χ3n) is 3.41. The lowest BCUT2D eigenvalue weighted by Gasteiger charge is -2.11. The third-order valence-corrected chi connectivity index (χ3v) is 4.10. The van der Waals surface area contributed by atoms with Crippen molar-refractivity contribution in [3.05, 3.63) is 64.3 Å². The average molecular weight is 343 g/mol. The first-order valence-electron chi connectivity index (χ1n) is 6.69. The van der Waals surface area contributed by atoms with E-state index in [0.717, 1.165) is 32.1 Å². The second kappa shape index (κ2) is 5.84. The molecule has 2 N–H and O–H groups in total. The number of ether oxygens (including phenoxy) is 1. The monoisotopic (exact) mass is 342 g/mol. The van der Waals surface area contributed by atoms with E-state index in [2.05, 4.69) is 20.9 Å². The summed E-state index contributed by atoms with van der Waals surface area (Å²) in [5.41, 5.74) is 7.79. The van der Waals surface area contributed by atoms with Crippen LogP contribution in [0, 0.1) is 6.92 Å². The summed E-state index contributed by atoms with van der Waals surface area (Å²) in [6.45, 7) is 2.50. The summed E-state index contributed by atoms with van der Waals surface area (Å²) < 4.78 is 7.06. The molecule has 0 unspecified atom stereocenters.